The lowest BCUT2D eigenvalue weighted by atomic mass is 10.1. The zero-order chi connectivity index (χ0) is 15.0. The Bertz CT molecular complexity index is 559. The smallest absolute Gasteiger partial charge is 0.255 e. The van der Waals surface area contributed by atoms with Crippen molar-refractivity contribution in [3.63, 3.8) is 0 Å². The quantitative estimate of drug-likeness (QED) is 0.601. The monoisotopic (exact) mass is 309 g/mol. The molecule has 1 N–H and O–H groups in total. The first kappa shape index (κ1) is 16.5. The number of benzene rings is 1. The number of carbonyl (C=O) groups is 1. The van der Waals surface area contributed by atoms with Gasteiger partial charge in [0, 0.05) is 21.8 Å². The van der Waals surface area contributed by atoms with Crippen LogP contribution in [0, 0.1) is 0 Å². The van der Waals surface area contributed by atoms with E-state index < -0.39 is 0 Å². The first-order valence-corrected chi connectivity index (χ1v) is 7.12. The molecule has 0 unspecified atom stereocenters. The van der Waals surface area contributed by atoms with Crippen LogP contribution in [0.25, 0.3) is 0 Å². The summed E-state index contributed by atoms with van der Waals surface area (Å²) in [5.74, 6) is -0.254. The van der Waals surface area contributed by atoms with Crippen molar-refractivity contribution in [1.82, 2.24) is 0 Å². The van der Waals surface area contributed by atoms with Crippen LogP contribution in [0.1, 0.15) is 19.4 Å². The van der Waals surface area contributed by atoms with Crippen LogP contribution in [0.15, 0.2) is 58.6 Å². The standard InChI is InChI=1S/C16H17Cl2NO/c1-3-12-6-5-7-15(10-12)19-16(20)13(8-9-17)11-14(18)4-2/h4-11H,3H2,1-2H3,(H,19,20)/b9-8+,13-11+,14-4+. The minimum Gasteiger partial charge on any atom is -0.322 e. The van der Waals surface area contributed by atoms with Gasteiger partial charge in [-0.05, 0) is 43.2 Å². The molecule has 0 fully saturated rings. The Kier molecular flexibility index (Phi) is 7.13. The normalized spacial score (nSPS) is 12.8. The summed E-state index contributed by atoms with van der Waals surface area (Å²) in [5.41, 5.74) is 3.59. The molecule has 1 aromatic carbocycles. The van der Waals surface area contributed by atoms with Gasteiger partial charge in [-0.1, -0.05) is 48.3 Å². The predicted octanol–water partition coefficient (Wildman–Crippen LogP) is 5.01. The van der Waals surface area contributed by atoms with Crippen LogP contribution in [0.2, 0.25) is 0 Å². The summed E-state index contributed by atoms with van der Waals surface area (Å²) in [5, 5.41) is 3.31. The SMILES string of the molecule is C\C=C(Cl)/C=C(\C=C\Cl)C(=O)Nc1cccc(CC)c1. The average molecular weight is 310 g/mol. The van der Waals surface area contributed by atoms with Gasteiger partial charge in [-0.2, -0.15) is 0 Å². The third kappa shape index (κ3) is 5.24. The molecule has 0 aromatic heterocycles. The molecule has 0 atom stereocenters. The van der Waals surface area contributed by atoms with Crippen molar-refractivity contribution in [3.05, 3.63) is 64.2 Å². The molecule has 0 aliphatic carbocycles. The fourth-order valence-corrected chi connectivity index (χ4v) is 1.81. The first-order chi connectivity index (χ1) is 9.60. The van der Waals surface area contributed by atoms with E-state index in [4.69, 9.17) is 23.2 Å². The molecule has 0 bridgehead atoms. The molecule has 1 amide bonds. The number of carbonyl (C=O) groups excluding carboxylic acids is 1. The van der Waals surface area contributed by atoms with E-state index in [9.17, 15) is 4.79 Å². The van der Waals surface area contributed by atoms with Crippen molar-refractivity contribution in [2.45, 2.75) is 20.3 Å². The fraction of sp³-hybridized carbons (Fsp3) is 0.188. The highest BCUT2D eigenvalue weighted by molar-refractivity contribution is 6.31. The third-order valence-corrected chi connectivity index (χ3v) is 3.12. The Hall–Kier alpha value is -1.51. The topological polar surface area (TPSA) is 29.1 Å². The molecular weight excluding hydrogens is 293 g/mol. The van der Waals surface area contributed by atoms with Gasteiger partial charge in [0.15, 0.2) is 0 Å². The second kappa shape index (κ2) is 8.62. The fourth-order valence-electron chi connectivity index (χ4n) is 1.56. The molecule has 0 heterocycles. The van der Waals surface area contributed by atoms with E-state index in [1.807, 2.05) is 24.3 Å². The lowest BCUT2D eigenvalue weighted by Gasteiger charge is -2.07. The van der Waals surface area contributed by atoms with Gasteiger partial charge in [0.1, 0.15) is 0 Å². The summed E-state index contributed by atoms with van der Waals surface area (Å²) >= 11 is 11.5. The van der Waals surface area contributed by atoms with Crippen LogP contribution < -0.4 is 5.32 Å². The molecule has 0 spiro atoms. The molecule has 4 heteroatoms. The Balaban J connectivity index is 2.94. The van der Waals surface area contributed by atoms with E-state index in [1.165, 1.54) is 11.6 Å². The number of halogens is 2. The third-order valence-electron chi connectivity index (χ3n) is 2.67. The van der Waals surface area contributed by atoms with E-state index in [-0.39, 0.29) is 5.91 Å². The number of hydrogen-bond donors (Lipinski definition) is 1. The first-order valence-electron chi connectivity index (χ1n) is 6.31. The average Bonchev–Trinajstić information content (AvgIpc) is 2.46. The van der Waals surface area contributed by atoms with Gasteiger partial charge in [-0.3, -0.25) is 4.79 Å². The Morgan fingerprint density at radius 3 is 2.75 bits per heavy atom. The van der Waals surface area contributed by atoms with E-state index in [1.54, 1.807) is 19.1 Å². The van der Waals surface area contributed by atoms with E-state index in [0.717, 1.165) is 17.7 Å². The summed E-state index contributed by atoms with van der Waals surface area (Å²) in [6, 6.07) is 7.71. The van der Waals surface area contributed by atoms with Crippen LogP contribution in [-0.2, 0) is 11.2 Å². The number of anilines is 1. The highest BCUT2D eigenvalue weighted by Gasteiger charge is 2.07. The Labute approximate surface area is 129 Å². The summed E-state index contributed by atoms with van der Waals surface area (Å²) in [4.78, 5) is 12.2. The number of amides is 1. The summed E-state index contributed by atoms with van der Waals surface area (Å²) < 4.78 is 0. The molecule has 2 nitrogen and oxygen atoms in total. The van der Waals surface area contributed by atoms with Gasteiger partial charge in [0.05, 0.1) is 0 Å². The number of rotatable bonds is 5. The van der Waals surface area contributed by atoms with Crippen molar-refractivity contribution >= 4 is 34.8 Å². The van der Waals surface area contributed by atoms with E-state index in [2.05, 4.69) is 12.2 Å². The highest BCUT2D eigenvalue weighted by atomic mass is 35.5. The number of nitrogens with one attached hydrogen (secondary N) is 1. The Morgan fingerprint density at radius 2 is 2.15 bits per heavy atom. The lowest BCUT2D eigenvalue weighted by molar-refractivity contribution is -0.112. The summed E-state index contributed by atoms with van der Waals surface area (Å²) in [6.07, 6.45) is 5.69. The van der Waals surface area contributed by atoms with Gasteiger partial charge in [-0.15, -0.1) is 0 Å². The molecular formula is C16H17Cl2NO. The van der Waals surface area contributed by atoms with Gasteiger partial charge < -0.3 is 5.32 Å². The van der Waals surface area contributed by atoms with Gasteiger partial charge in [0.25, 0.3) is 5.91 Å². The van der Waals surface area contributed by atoms with Crippen molar-refractivity contribution in [2.24, 2.45) is 0 Å². The van der Waals surface area contributed by atoms with Crippen molar-refractivity contribution in [3.8, 4) is 0 Å². The van der Waals surface area contributed by atoms with Crippen molar-refractivity contribution in [1.29, 1.82) is 0 Å². The van der Waals surface area contributed by atoms with Gasteiger partial charge in [-0.25, -0.2) is 0 Å². The highest BCUT2D eigenvalue weighted by Crippen LogP contribution is 2.15. The molecule has 20 heavy (non-hydrogen) atoms. The zero-order valence-corrected chi connectivity index (χ0v) is 13.0. The van der Waals surface area contributed by atoms with E-state index in [0.29, 0.717) is 10.6 Å². The minimum absolute atomic E-state index is 0.254. The van der Waals surface area contributed by atoms with Crippen LogP contribution in [-0.4, -0.2) is 5.91 Å². The second-order valence-corrected chi connectivity index (χ2v) is 4.76. The predicted molar refractivity (Wildman–Crippen MR) is 87.1 cm³/mol. The minimum atomic E-state index is -0.254. The number of allylic oxidation sites excluding steroid dienone is 3. The molecule has 1 aromatic rings. The maximum Gasteiger partial charge on any atom is 0.255 e. The maximum atomic E-state index is 12.2. The van der Waals surface area contributed by atoms with E-state index >= 15 is 0 Å². The Morgan fingerprint density at radius 1 is 1.40 bits per heavy atom. The molecule has 106 valence electrons. The van der Waals surface area contributed by atoms with Gasteiger partial charge >= 0.3 is 0 Å². The number of aryl methyl sites for hydroxylation is 1. The van der Waals surface area contributed by atoms with Gasteiger partial charge in [0.2, 0.25) is 0 Å². The lowest BCUT2D eigenvalue weighted by Crippen LogP contribution is -2.13. The molecule has 0 radical (unpaired) electrons. The second-order valence-electron chi connectivity index (χ2n) is 4.07. The zero-order valence-electron chi connectivity index (χ0n) is 11.5. The molecule has 1 rings (SSSR count). The summed E-state index contributed by atoms with van der Waals surface area (Å²) in [7, 11) is 0. The van der Waals surface area contributed by atoms with Crippen LogP contribution in [0.5, 0.6) is 0 Å². The van der Waals surface area contributed by atoms with Crippen molar-refractivity contribution < 1.29 is 4.79 Å². The van der Waals surface area contributed by atoms with Crippen LogP contribution in [0.4, 0.5) is 5.69 Å². The molecule has 0 saturated heterocycles. The molecule has 0 aliphatic heterocycles. The summed E-state index contributed by atoms with van der Waals surface area (Å²) in [6.45, 7) is 3.86. The molecule has 0 saturated carbocycles. The number of hydrogen-bond acceptors (Lipinski definition) is 1. The largest absolute Gasteiger partial charge is 0.322 e. The molecule has 0 aliphatic rings. The van der Waals surface area contributed by atoms with Crippen LogP contribution in [0.3, 0.4) is 0 Å². The van der Waals surface area contributed by atoms with Crippen LogP contribution >= 0.6 is 23.2 Å². The maximum absolute atomic E-state index is 12.2. The van der Waals surface area contributed by atoms with Crippen molar-refractivity contribution in [2.75, 3.05) is 5.32 Å².